The molecule has 3 fully saturated rings. The smallest absolute Gasteiger partial charge is 0.314 e. The molecule has 3 amide bonds. The molecular formula is C33H44N8O4. The third-order valence-electron chi connectivity index (χ3n) is 9.27. The number of fused-ring (bicyclic) bond motifs is 1. The molecule has 0 radical (unpaired) electrons. The van der Waals surface area contributed by atoms with Gasteiger partial charge >= 0.3 is 11.8 Å². The van der Waals surface area contributed by atoms with E-state index < -0.39 is 17.9 Å². The van der Waals surface area contributed by atoms with Crippen LogP contribution in [0, 0.1) is 5.92 Å². The summed E-state index contributed by atoms with van der Waals surface area (Å²) >= 11 is 0. The normalized spacial score (nSPS) is 23.0. The fraction of sp³-hybridized carbons (Fsp3) is 0.545. The first-order valence-corrected chi connectivity index (χ1v) is 16.1. The summed E-state index contributed by atoms with van der Waals surface area (Å²) in [4.78, 5) is 53.5. The SMILES string of the molecule is CC(C)C(=O)N1C[C@H](c2cccc(N3CCN(C)CC3)c2)N(C(=O)C(=O)Nc2cncc3cnn(C4CCCCO4)c23)C[C@H]1C. The quantitative estimate of drug-likeness (QED) is 0.435. The summed E-state index contributed by atoms with van der Waals surface area (Å²) in [5, 5.41) is 8.14. The van der Waals surface area contributed by atoms with Gasteiger partial charge in [-0.15, -0.1) is 0 Å². The third kappa shape index (κ3) is 6.39. The molecule has 0 saturated carbocycles. The Morgan fingerprint density at radius 1 is 1.00 bits per heavy atom. The third-order valence-corrected chi connectivity index (χ3v) is 9.27. The second kappa shape index (κ2) is 13.1. The number of carbonyl (C=O) groups is 3. The van der Waals surface area contributed by atoms with E-state index in [4.69, 9.17) is 4.74 Å². The molecule has 5 heterocycles. The zero-order valence-electron chi connectivity index (χ0n) is 26.7. The van der Waals surface area contributed by atoms with Crippen LogP contribution in [0.4, 0.5) is 11.4 Å². The Kier molecular flexibility index (Phi) is 9.04. The maximum Gasteiger partial charge on any atom is 0.314 e. The highest BCUT2D eigenvalue weighted by molar-refractivity contribution is 6.40. The van der Waals surface area contributed by atoms with Gasteiger partial charge in [-0.3, -0.25) is 19.4 Å². The summed E-state index contributed by atoms with van der Waals surface area (Å²) in [6.45, 7) is 10.7. The van der Waals surface area contributed by atoms with Gasteiger partial charge in [-0.05, 0) is 50.9 Å². The number of ether oxygens (including phenoxy) is 1. The highest BCUT2D eigenvalue weighted by Gasteiger charge is 2.40. The summed E-state index contributed by atoms with van der Waals surface area (Å²) in [5.41, 5.74) is 3.06. The Morgan fingerprint density at radius 3 is 2.53 bits per heavy atom. The number of benzene rings is 1. The van der Waals surface area contributed by atoms with Crippen molar-refractivity contribution in [2.75, 3.05) is 63.1 Å². The Bertz CT molecular complexity index is 1540. The molecule has 0 bridgehead atoms. The van der Waals surface area contributed by atoms with Crippen molar-refractivity contribution in [2.24, 2.45) is 5.92 Å². The van der Waals surface area contributed by atoms with E-state index in [1.165, 1.54) is 0 Å². The average Bonchev–Trinajstić information content (AvgIpc) is 3.50. The zero-order valence-corrected chi connectivity index (χ0v) is 26.7. The Balaban J connectivity index is 1.29. The number of anilines is 2. The number of nitrogens with one attached hydrogen (secondary N) is 1. The molecule has 3 atom stereocenters. The molecule has 45 heavy (non-hydrogen) atoms. The zero-order chi connectivity index (χ0) is 31.7. The lowest BCUT2D eigenvalue weighted by molar-refractivity contribution is -0.152. The van der Waals surface area contributed by atoms with Crippen LogP contribution in [0.1, 0.15) is 57.9 Å². The van der Waals surface area contributed by atoms with Gasteiger partial charge in [0.15, 0.2) is 6.23 Å². The first-order valence-electron chi connectivity index (χ1n) is 16.1. The Morgan fingerprint density at radius 2 is 1.80 bits per heavy atom. The van der Waals surface area contributed by atoms with Crippen molar-refractivity contribution in [1.29, 1.82) is 0 Å². The van der Waals surface area contributed by atoms with Crippen molar-refractivity contribution < 1.29 is 19.1 Å². The topological polar surface area (TPSA) is 116 Å². The van der Waals surface area contributed by atoms with Crippen molar-refractivity contribution in [1.82, 2.24) is 29.5 Å². The summed E-state index contributed by atoms with van der Waals surface area (Å²) in [7, 11) is 2.12. The monoisotopic (exact) mass is 616 g/mol. The van der Waals surface area contributed by atoms with E-state index in [0.29, 0.717) is 24.4 Å². The van der Waals surface area contributed by atoms with Gasteiger partial charge in [0.25, 0.3) is 0 Å². The summed E-state index contributed by atoms with van der Waals surface area (Å²) < 4.78 is 7.75. The van der Waals surface area contributed by atoms with Crippen LogP contribution in [0.2, 0.25) is 0 Å². The van der Waals surface area contributed by atoms with E-state index in [1.54, 1.807) is 28.2 Å². The van der Waals surface area contributed by atoms with Crippen LogP contribution in [0.5, 0.6) is 0 Å². The van der Waals surface area contributed by atoms with Gasteiger partial charge in [0, 0.05) is 75.1 Å². The molecule has 12 nitrogen and oxygen atoms in total. The summed E-state index contributed by atoms with van der Waals surface area (Å²) in [5.74, 6) is -1.54. The second-order valence-electron chi connectivity index (χ2n) is 12.8. The number of nitrogens with zero attached hydrogens (tertiary/aromatic N) is 7. The van der Waals surface area contributed by atoms with E-state index >= 15 is 0 Å². The van der Waals surface area contributed by atoms with Crippen LogP contribution in [0.3, 0.4) is 0 Å². The number of piperazine rings is 2. The number of carbonyl (C=O) groups excluding carboxylic acids is 3. The van der Waals surface area contributed by atoms with Gasteiger partial charge in [-0.2, -0.15) is 5.10 Å². The maximum atomic E-state index is 14.1. The molecule has 0 aliphatic carbocycles. The number of pyridine rings is 1. The first-order chi connectivity index (χ1) is 21.7. The van der Waals surface area contributed by atoms with Gasteiger partial charge in [-0.1, -0.05) is 26.0 Å². The minimum atomic E-state index is -0.752. The maximum absolute atomic E-state index is 14.1. The van der Waals surface area contributed by atoms with E-state index in [0.717, 1.165) is 62.1 Å². The lowest BCUT2D eigenvalue weighted by Crippen LogP contribution is -2.59. The van der Waals surface area contributed by atoms with Crippen LogP contribution in [-0.4, -0.2) is 106 Å². The van der Waals surface area contributed by atoms with Gasteiger partial charge in [0.05, 0.1) is 29.6 Å². The van der Waals surface area contributed by atoms with Crippen LogP contribution in [-0.2, 0) is 19.1 Å². The van der Waals surface area contributed by atoms with Gasteiger partial charge in [-0.25, -0.2) is 4.68 Å². The molecule has 1 unspecified atom stereocenters. The van der Waals surface area contributed by atoms with Crippen molar-refractivity contribution in [3.05, 3.63) is 48.4 Å². The van der Waals surface area contributed by atoms with Crippen molar-refractivity contribution in [3.8, 4) is 0 Å². The predicted octanol–water partition coefficient (Wildman–Crippen LogP) is 3.28. The second-order valence-corrected chi connectivity index (χ2v) is 12.8. The number of hydrogen-bond donors (Lipinski definition) is 1. The minimum absolute atomic E-state index is 0.0372. The first kappa shape index (κ1) is 31.0. The van der Waals surface area contributed by atoms with Crippen LogP contribution in [0.15, 0.2) is 42.9 Å². The number of aromatic nitrogens is 3. The van der Waals surface area contributed by atoms with Gasteiger partial charge < -0.3 is 29.7 Å². The van der Waals surface area contributed by atoms with E-state index in [2.05, 4.69) is 44.4 Å². The molecule has 240 valence electrons. The van der Waals surface area contributed by atoms with Gasteiger partial charge in [0.2, 0.25) is 5.91 Å². The molecule has 0 spiro atoms. The molecule has 12 heteroatoms. The van der Waals surface area contributed by atoms with E-state index in [9.17, 15) is 14.4 Å². The largest absolute Gasteiger partial charge is 0.369 e. The predicted molar refractivity (Wildman–Crippen MR) is 172 cm³/mol. The standard InChI is InChI=1S/C33H44N8O4/c1-22(2)32(43)39-21-28(24-8-7-9-26(16-24)38-13-11-37(4)12-14-38)40(20-23(39)3)33(44)31(42)36-27-19-34-17-25-18-35-41(30(25)27)29-10-5-6-15-45-29/h7-9,16-19,22-23,28-29H,5-6,10-15,20-21H2,1-4H3,(H,36,42)/t23-,28-,29?/m1/s1. The lowest BCUT2D eigenvalue weighted by atomic mass is 9.97. The van der Waals surface area contributed by atoms with Crippen LogP contribution < -0.4 is 10.2 Å². The fourth-order valence-corrected chi connectivity index (χ4v) is 6.65. The van der Waals surface area contributed by atoms with Gasteiger partial charge in [0.1, 0.15) is 0 Å². The van der Waals surface area contributed by atoms with E-state index in [1.807, 2.05) is 37.8 Å². The molecule has 3 aliphatic rings. The van der Waals surface area contributed by atoms with Crippen molar-refractivity contribution in [2.45, 2.75) is 58.3 Å². The minimum Gasteiger partial charge on any atom is -0.369 e. The molecule has 6 rings (SSSR count). The van der Waals surface area contributed by atoms with E-state index in [-0.39, 0.29) is 30.6 Å². The van der Waals surface area contributed by atoms with Crippen molar-refractivity contribution >= 4 is 40.0 Å². The Hall–Kier alpha value is -4.03. The fourth-order valence-electron chi connectivity index (χ4n) is 6.65. The molecule has 3 saturated heterocycles. The number of hydrogen-bond acceptors (Lipinski definition) is 8. The molecule has 1 N–H and O–H groups in total. The summed E-state index contributed by atoms with van der Waals surface area (Å²) in [6.07, 6.45) is 7.55. The number of likely N-dealkylation sites (N-methyl/N-ethyl adjacent to an activating group) is 1. The molecular weight excluding hydrogens is 572 g/mol. The molecule has 3 aromatic rings. The average molecular weight is 617 g/mol. The molecule has 1 aromatic carbocycles. The molecule has 3 aliphatic heterocycles. The van der Waals surface area contributed by atoms with Crippen molar-refractivity contribution in [3.63, 3.8) is 0 Å². The summed E-state index contributed by atoms with van der Waals surface area (Å²) in [6, 6.07) is 7.45. The van der Waals surface area contributed by atoms with Crippen LogP contribution >= 0.6 is 0 Å². The number of amides is 3. The molecule has 2 aromatic heterocycles. The lowest BCUT2D eigenvalue weighted by Gasteiger charge is -2.46. The highest BCUT2D eigenvalue weighted by Crippen LogP contribution is 2.33. The number of rotatable bonds is 5. The highest BCUT2D eigenvalue weighted by atomic mass is 16.5. The Labute approximate surface area is 264 Å². The van der Waals surface area contributed by atoms with Crippen LogP contribution in [0.25, 0.3) is 10.9 Å².